The van der Waals surface area contributed by atoms with Crippen LogP contribution >= 0.6 is 0 Å². The van der Waals surface area contributed by atoms with Crippen molar-refractivity contribution in [3.05, 3.63) is 59.2 Å². The zero-order valence-corrected chi connectivity index (χ0v) is 17.4. The topological polar surface area (TPSA) is 37.2 Å². The normalized spacial score (nSPS) is 11.8. The summed E-state index contributed by atoms with van der Waals surface area (Å²) in [5.74, 6) is 1.01. The van der Waals surface area contributed by atoms with E-state index in [9.17, 15) is 4.79 Å². The van der Waals surface area contributed by atoms with Crippen molar-refractivity contribution in [3.63, 3.8) is 0 Å². The summed E-state index contributed by atoms with van der Waals surface area (Å²) in [5.41, 5.74) is 4.62. The van der Waals surface area contributed by atoms with E-state index < -0.39 is 0 Å². The standard InChI is InChI=1S/C22H31N3O2/c1-17-7-12-21(27-6)19(13-17)15-24(4)16-22(26)25(5)14-18-8-10-20(11-9-18)23(2)3/h7-13H,14-16H2,1-6H3/p+1. The van der Waals surface area contributed by atoms with Crippen LogP contribution in [0.5, 0.6) is 5.75 Å². The average molecular weight is 371 g/mol. The lowest BCUT2D eigenvalue weighted by Gasteiger charge is -2.21. The monoisotopic (exact) mass is 370 g/mol. The lowest BCUT2D eigenvalue weighted by Crippen LogP contribution is -3.08. The molecule has 146 valence electrons. The third-order valence-electron chi connectivity index (χ3n) is 4.68. The highest BCUT2D eigenvalue weighted by atomic mass is 16.5. The Morgan fingerprint density at radius 3 is 2.33 bits per heavy atom. The Balaban J connectivity index is 1.92. The summed E-state index contributed by atoms with van der Waals surface area (Å²) in [5, 5.41) is 0. The molecule has 2 rings (SSSR count). The molecule has 0 saturated heterocycles. The quantitative estimate of drug-likeness (QED) is 0.769. The van der Waals surface area contributed by atoms with Crippen LogP contribution in [0.15, 0.2) is 42.5 Å². The van der Waals surface area contributed by atoms with Gasteiger partial charge in [-0.1, -0.05) is 23.8 Å². The minimum atomic E-state index is 0.135. The van der Waals surface area contributed by atoms with Crippen LogP contribution in [0, 0.1) is 6.92 Å². The van der Waals surface area contributed by atoms with Crippen LogP contribution in [0.25, 0.3) is 0 Å². The minimum Gasteiger partial charge on any atom is -0.496 e. The number of likely N-dealkylation sites (N-methyl/N-ethyl adjacent to an activating group) is 2. The highest BCUT2D eigenvalue weighted by molar-refractivity contribution is 5.76. The second-order valence-electron chi connectivity index (χ2n) is 7.44. The van der Waals surface area contributed by atoms with Crippen LogP contribution in [0.1, 0.15) is 16.7 Å². The number of quaternary nitrogens is 1. The molecular weight excluding hydrogens is 338 g/mol. The second kappa shape index (κ2) is 9.42. The maximum absolute atomic E-state index is 12.6. The Hall–Kier alpha value is -2.53. The largest absolute Gasteiger partial charge is 0.496 e. The van der Waals surface area contributed by atoms with Crippen LogP contribution in [-0.2, 0) is 17.9 Å². The Bertz CT molecular complexity index is 757. The first-order valence-electron chi connectivity index (χ1n) is 9.25. The van der Waals surface area contributed by atoms with Gasteiger partial charge < -0.3 is 19.4 Å². The zero-order chi connectivity index (χ0) is 20.0. The summed E-state index contributed by atoms with van der Waals surface area (Å²) in [7, 11) is 9.63. The summed E-state index contributed by atoms with van der Waals surface area (Å²) in [6.45, 7) is 3.89. The van der Waals surface area contributed by atoms with Gasteiger partial charge in [0.15, 0.2) is 6.54 Å². The van der Waals surface area contributed by atoms with Crippen LogP contribution in [0.3, 0.4) is 0 Å². The molecule has 0 aliphatic carbocycles. The molecule has 0 fully saturated rings. The second-order valence-corrected chi connectivity index (χ2v) is 7.44. The van der Waals surface area contributed by atoms with Crippen LogP contribution < -0.4 is 14.5 Å². The minimum absolute atomic E-state index is 0.135. The maximum Gasteiger partial charge on any atom is 0.277 e. The molecule has 2 aromatic rings. The fourth-order valence-corrected chi connectivity index (χ4v) is 3.09. The van der Waals surface area contributed by atoms with Gasteiger partial charge in [0.05, 0.1) is 14.2 Å². The predicted molar refractivity (Wildman–Crippen MR) is 110 cm³/mol. The number of hydrogen-bond acceptors (Lipinski definition) is 3. The van der Waals surface area contributed by atoms with Crippen molar-refractivity contribution in [1.29, 1.82) is 0 Å². The van der Waals surface area contributed by atoms with Gasteiger partial charge in [0.1, 0.15) is 12.3 Å². The number of carbonyl (C=O) groups is 1. The Kier molecular flexibility index (Phi) is 7.25. The molecule has 5 nitrogen and oxygen atoms in total. The summed E-state index contributed by atoms with van der Waals surface area (Å²) in [4.78, 5) is 17.6. The number of benzene rings is 2. The molecule has 0 aliphatic heterocycles. The van der Waals surface area contributed by atoms with Gasteiger partial charge in [0, 0.05) is 38.9 Å². The van der Waals surface area contributed by atoms with Crippen LogP contribution in [0.4, 0.5) is 5.69 Å². The molecule has 0 bridgehead atoms. The summed E-state index contributed by atoms with van der Waals surface area (Å²) in [6.07, 6.45) is 0. The fraction of sp³-hybridized carbons (Fsp3) is 0.409. The molecule has 2 aromatic carbocycles. The lowest BCUT2D eigenvalue weighted by molar-refractivity contribution is -0.885. The molecule has 27 heavy (non-hydrogen) atoms. The molecule has 0 aromatic heterocycles. The number of carbonyl (C=O) groups excluding carboxylic acids is 1. The highest BCUT2D eigenvalue weighted by Gasteiger charge is 2.17. The molecular formula is C22H32N3O2+. The van der Waals surface area contributed by atoms with Gasteiger partial charge in [-0.25, -0.2) is 0 Å². The predicted octanol–water partition coefficient (Wildman–Crippen LogP) is 1.74. The SMILES string of the molecule is COc1ccc(C)cc1C[NH+](C)CC(=O)N(C)Cc1ccc(N(C)C)cc1. The molecule has 1 unspecified atom stereocenters. The van der Waals surface area contributed by atoms with E-state index in [1.807, 2.05) is 40.3 Å². The molecule has 1 N–H and O–H groups in total. The lowest BCUT2D eigenvalue weighted by atomic mass is 10.1. The van der Waals surface area contributed by atoms with Gasteiger partial charge in [-0.05, 0) is 36.8 Å². The Morgan fingerprint density at radius 1 is 1.07 bits per heavy atom. The number of nitrogens with zero attached hydrogens (tertiary/aromatic N) is 2. The van der Waals surface area contributed by atoms with Gasteiger partial charge in [-0.3, -0.25) is 4.79 Å². The summed E-state index contributed by atoms with van der Waals surface area (Å²) < 4.78 is 5.45. The van der Waals surface area contributed by atoms with Crippen molar-refractivity contribution in [2.24, 2.45) is 0 Å². The maximum atomic E-state index is 12.6. The summed E-state index contributed by atoms with van der Waals surface area (Å²) in [6, 6.07) is 14.5. The van der Waals surface area contributed by atoms with Crippen molar-refractivity contribution in [2.45, 2.75) is 20.0 Å². The molecule has 0 radical (unpaired) electrons. The Morgan fingerprint density at radius 2 is 1.74 bits per heavy atom. The number of anilines is 1. The first-order chi connectivity index (χ1) is 12.8. The van der Waals surface area contributed by atoms with Gasteiger partial charge >= 0.3 is 0 Å². The van der Waals surface area contributed by atoms with Crippen molar-refractivity contribution in [1.82, 2.24) is 4.90 Å². The van der Waals surface area contributed by atoms with E-state index in [1.165, 1.54) is 5.56 Å². The van der Waals surface area contributed by atoms with E-state index in [2.05, 4.69) is 42.2 Å². The first kappa shape index (κ1) is 20.8. The van der Waals surface area contributed by atoms with Gasteiger partial charge in [-0.15, -0.1) is 0 Å². The fourth-order valence-electron chi connectivity index (χ4n) is 3.09. The first-order valence-corrected chi connectivity index (χ1v) is 9.25. The van der Waals surface area contributed by atoms with E-state index in [4.69, 9.17) is 4.74 Å². The molecule has 5 heteroatoms. The number of ether oxygens (including phenoxy) is 1. The van der Waals surface area contributed by atoms with Crippen molar-refractivity contribution < 1.29 is 14.4 Å². The molecule has 0 saturated carbocycles. The zero-order valence-electron chi connectivity index (χ0n) is 17.4. The number of nitrogens with one attached hydrogen (secondary N) is 1. The van der Waals surface area contributed by atoms with Crippen molar-refractivity contribution in [3.8, 4) is 5.75 Å². The highest BCUT2D eigenvalue weighted by Crippen LogP contribution is 2.18. The van der Waals surface area contributed by atoms with E-state index in [-0.39, 0.29) is 5.91 Å². The third-order valence-corrected chi connectivity index (χ3v) is 4.68. The van der Waals surface area contributed by atoms with Crippen molar-refractivity contribution in [2.75, 3.05) is 46.7 Å². The molecule has 0 spiro atoms. The number of rotatable bonds is 8. The van der Waals surface area contributed by atoms with Crippen molar-refractivity contribution >= 4 is 11.6 Å². The number of hydrogen-bond donors (Lipinski definition) is 1. The van der Waals surface area contributed by atoms with Crippen LogP contribution in [-0.4, -0.2) is 52.7 Å². The average Bonchev–Trinajstić information content (AvgIpc) is 2.62. The molecule has 0 aliphatic rings. The smallest absolute Gasteiger partial charge is 0.277 e. The third kappa shape index (κ3) is 6.00. The van der Waals surface area contributed by atoms with E-state index in [0.717, 1.165) is 34.0 Å². The number of aryl methyl sites for hydroxylation is 1. The number of amides is 1. The molecule has 1 atom stereocenters. The molecule has 1 amide bonds. The van der Waals surface area contributed by atoms with E-state index in [0.29, 0.717) is 13.1 Å². The number of methoxy groups -OCH3 is 1. The van der Waals surface area contributed by atoms with E-state index in [1.54, 1.807) is 12.0 Å². The van der Waals surface area contributed by atoms with E-state index >= 15 is 0 Å². The molecule has 0 heterocycles. The summed E-state index contributed by atoms with van der Waals surface area (Å²) >= 11 is 0. The van der Waals surface area contributed by atoms with Gasteiger partial charge in [-0.2, -0.15) is 0 Å². The van der Waals surface area contributed by atoms with Gasteiger partial charge in [0.2, 0.25) is 0 Å². The van der Waals surface area contributed by atoms with Gasteiger partial charge in [0.25, 0.3) is 5.91 Å². The van der Waals surface area contributed by atoms with Crippen LogP contribution in [0.2, 0.25) is 0 Å². The Labute approximate surface area is 163 Å².